The second-order valence-electron chi connectivity index (χ2n) is 4.52. The van der Waals surface area contributed by atoms with Crippen molar-refractivity contribution in [2.24, 2.45) is 23.5 Å². The molecule has 1 aliphatic carbocycles. The van der Waals surface area contributed by atoms with Gasteiger partial charge in [0, 0.05) is 25.5 Å². The number of nitrogens with zero attached hydrogens (tertiary/aromatic N) is 3. The van der Waals surface area contributed by atoms with Gasteiger partial charge in [0.1, 0.15) is 0 Å². The van der Waals surface area contributed by atoms with E-state index in [1.165, 1.54) is 6.42 Å². The van der Waals surface area contributed by atoms with Crippen LogP contribution in [-0.4, -0.2) is 29.6 Å². The number of rotatable bonds is 3. The third-order valence-corrected chi connectivity index (χ3v) is 3.71. The number of piperidine rings is 1. The summed E-state index contributed by atoms with van der Waals surface area (Å²) in [4.78, 5) is 10.8. The zero-order chi connectivity index (χ0) is 10.3. The number of anilines is 1. The lowest BCUT2D eigenvalue weighted by Crippen LogP contribution is -2.26. The van der Waals surface area contributed by atoms with E-state index in [4.69, 9.17) is 5.73 Å². The van der Waals surface area contributed by atoms with Crippen LogP contribution in [0.5, 0.6) is 0 Å². The van der Waals surface area contributed by atoms with Crippen LogP contribution < -0.4 is 10.6 Å². The van der Waals surface area contributed by atoms with Gasteiger partial charge in [-0.2, -0.15) is 0 Å². The van der Waals surface area contributed by atoms with E-state index < -0.39 is 0 Å². The highest BCUT2D eigenvalue weighted by molar-refractivity contribution is 5.34. The Morgan fingerprint density at radius 2 is 1.93 bits per heavy atom. The van der Waals surface area contributed by atoms with E-state index >= 15 is 0 Å². The van der Waals surface area contributed by atoms with Crippen molar-refractivity contribution in [3.8, 4) is 0 Å². The Kier molecular flexibility index (Phi) is 2.09. The van der Waals surface area contributed by atoms with Crippen LogP contribution in [0.3, 0.4) is 0 Å². The van der Waals surface area contributed by atoms with Gasteiger partial charge in [-0.05, 0) is 36.8 Å². The maximum atomic E-state index is 5.58. The van der Waals surface area contributed by atoms with Crippen molar-refractivity contribution in [2.75, 3.05) is 24.5 Å². The molecule has 0 radical (unpaired) electrons. The van der Waals surface area contributed by atoms with Crippen LogP contribution in [-0.2, 0) is 0 Å². The monoisotopic (exact) mass is 204 g/mol. The van der Waals surface area contributed by atoms with Crippen molar-refractivity contribution >= 4 is 5.95 Å². The van der Waals surface area contributed by atoms with E-state index in [1.807, 2.05) is 18.5 Å². The molecule has 3 rings (SSSR count). The summed E-state index contributed by atoms with van der Waals surface area (Å²) in [6.07, 6.45) is 4.81. The quantitative estimate of drug-likeness (QED) is 0.779. The van der Waals surface area contributed by atoms with Crippen LogP contribution in [0.15, 0.2) is 18.5 Å². The molecule has 0 spiro atoms. The van der Waals surface area contributed by atoms with Gasteiger partial charge in [0.15, 0.2) is 0 Å². The minimum Gasteiger partial charge on any atom is -0.340 e. The van der Waals surface area contributed by atoms with Crippen LogP contribution >= 0.6 is 0 Å². The third kappa shape index (κ3) is 1.49. The van der Waals surface area contributed by atoms with Gasteiger partial charge in [-0.25, -0.2) is 9.97 Å². The fraction of sp³-hybridized carbons (Fsp3) is 0.636. The van der Waals surface area contributed by atoms with Crippen LogP contribution in [0.1, 0.15) is 6.42 Å². The zero-order valence-electron chi connectivity index (χ0n) is 8.71. The molecule has 1 aromatic heterocycles. The number of fused-ring (bicyclic) bond motifs is 1. The second-order valence-corrected chi connectivity index (χ2v) is 4.52. The molecule has 2 heterocycles. The standard InChI is InChI=1S/C11H16N4/c12-3-2-8-9-6-15(7-10(8)9)11-13-4-1-5-14-11/h1,4-5,8-10H,2-3,6-7,12H2/t9-,10-/m0/s1. The van der Waals surface area contributed by atoms with Crippen molar-refractivity contribution in [1.29, 1.82) is 0 Å². The van der Waals surface area contributed by atoms with E-state index in [0.29, 0.717) is 0 Å². The van der Waals surface area contributed by atoms with Crippen molar-refractivity contribution < 1.29 is 0 Å². The maximum absolute atomic E-state index is 5.58. The Hall–Kier alpha value is -1.16. The highest BCUT2D eigenvalue weighted by Crippen LogP contribution is 2.53. The lowest BCUT2D eigenvalue weighted by Gasteiger charge is -2.18. The van der Waals surface area contributed by atoms with E-state index in [1.54, 1.807) is 0 Å². The van der Waals surface area contributed by atoms with Gasteiger partial charge >= 0.3 is 0 Å². The van der Waals surface area contributed by atoms with Gasteiger partial charge in [0.2, 0.25) is 5.95 Å². The Balaban J connectivity index is 1.62. The van der Waals surface area contributed by atoms with Crippen molar-refractivity contribution in [3.63, 3.8) is 0 Å². The number of aromatic nitrogens is 2. The van der Waals surface area contributed by atoms with Gasteiger partial charge in [0.05, 0.1) is 0 Å². The zero-order valence-corrected chi connectivity index (χ0v) is 8.71. The smallest absolute Gasteiger partial charge is 0.225 e. The molecule has 1 aliphatic heterocycles. The number of hydrogen-bond acceptors (Lipinski definition) is 4. The topological polar surface area (TPSA) is 55.0 Å². The summed E-state index contributed by atoms with van der Waals surface area (Å²) in [5, 5.41) is 0. The molecule has 4 heteroatoms. The largest absolute Gasteiger partial charge is 0.340 e. The van der Waals surface area contributed by atoms with Crippen molar-refractivity contribution in [2.45, 2.75) is 6.42 Å². The minimum atomic E-state index is 0.833. The molecule has 0 amide bonds. The highest BCUT2D eigenvalue weighted by atomic mass is 15.3. The molecule has 2 aliphatic rings. The van der Waals surface area contributed by atoms with Gasteiger partial charge < -0.3 is 10.6 Å². The Bertz CT molecular complexity index is 328. The van der Waals surface area contributed by atoms with Crippen molar-refractivity contribution in [1.82, 2.24) is 9.97 Å². The number of hydrogen-bond donors (Lipinski definition) is 1. The van der Waals surface area contributed by atoms with Crippen LogP contribution in [0, 0.1) is 17.8 Å². The molecule has 2 fully saturated rings. The molecule has 2 N–H and O–H groups in total. The van der Waals surface area contributed by atoms with Gasteiger partial charge in [0.25, 0.3) is 0 Å². The van der Waals surface area contributed by atoms with Gasteiger partial charge in [-0.15, -0.1) is 0 Å². The van der Waals surface area contributed by atoms with E-state index in [2.05, 4.69) is 14.9 Å². The van der Waals surface area contributed by atoms with Gasteiger partial charge in [-0.1, -0.05) is 0 Å². The summed E-state index contributed by atoms with van der Waals surface area (Å²) in [5.41, 5.74) is 5.58. The molecule has 1 aromatic rings. The van der Waals surface area contributed by atoms with Crippen molar-refractivity contribution in [3.05, 3.63) is 18.5 Å². The highest BCUT2D eigenvalue weighted by Gasteiger charge is 2.55. The molecule has 0 aromatic carbocycles. The SMILES string of the molecule is NCCC1[C@@H]2CN(c3ncccn3)C[C@@H]12. The Morgan fingerprint density at radius 3 is 2.53 bits per heavy atom. The summed E-state index contributed by atoms with van der Waals surface area (Å²) in [5.74, 6) is 3.49. The molecular weight excluding hydrogens is 188 g/mol. The average molecular weight is 204 g/mol. The first-order valence-corrected chi connectivity index (χ1v) is 5.62. The molecule has 2 atom stereocenters. The number of nitrogens with two attached hydrogens (primary N) is 1. The maximum Gasteiger partial charge on any atom is 0.225 e. The molecule has 1 saturated heterocycles. The molecule has 0 unspecified atom stereocenters. The third-order valence-electron chi connectivity index (χ3n) is 3.71. The molecule has 4 nitrogen and oxygen atoms in total. The molecule has 15 heavy (non-hydrogen) atoms. The Morgan fingerprint density at radius 1 is 1.27 bits per heavy atom. The van der Waals surface area contributed by atoms with Crippen LogP contribution in [0.25, 0.3) is 0 Å². The van der Waals surface area contributed by atoms with Gasteiger partial charge in [-0.3, -0.25) is 0 Å². The summed E-state index contributed by atoms with van der Waals surface area (Å²) < 4.78 is 0. The molecule has 0 bridgehead atoms. The summed E-state index contributed by atoms with van der Waals surface area (Å²) in [6.45, 7) is 3.08. The molecular formula is C11H16N4. The first kappa shape index (κ1) is 9.09. The second kappa shape index (κ2) is 3.45. The first-order chi connectivity index (χ1) is 7.40. The van der Waals surface area contributed by atoms with E-state index in [9.17, 15) is 0 Å². The first-order valence-electron chi connectivity index (χ1n) is 5.62. The Labute approximate surface area is 89.5 Å². The molecule has 1 saturated carbocycles. The summed E-state index contributed by atoms with van der Waals surface area (Å²) in [7, 11) is 0. The fourth-order valence-corrected chi connectivity index (χ4v) is 2.89. The minimum absolute atomic E-state index is 0.833. The van der Waals surface area contributed by atoms with E-state index in [0.717, 1.165) is 43.3 Å². The fourth-order valence-electron chi connectivity index (χ4n) is 2.89. The lowest BCUT2D eigenvalue weighted by molar-refractivity contribution is 0.593. The average Bonchev–Trinajstić information content (AvgIpc) is 2.77. The molecule has 80 valence electrons. The lowest BCUT2D eigenvalue weighted by atomic mass is 10.2. The summed E-state index contributed by atoms with van der Waals surface area (Å²) in [6, 6.07) is 1.86. The van der Waals surface area contributed by atoms with Crippen LogP contribution in [0.2, 0.25) is 0 Å². The predicted molar refractivity (Wildman–Crippen MR) is 58.4 cm³/mol. The predicted octanol–water partition coefficient (Wildman–Crippen LogP) is 0.508. The van der Waals surface area contributed by atoms with E-state index in [-0.39, 0.29) is 0 Å². The summed E-state index contributed by atoms with van der Waals surface area (Å²) >= 11 is 0. The van der Waals surface area contributed by atoms with Crippen LogP contribution in [0.4, 0.5) is 5.95 Å². The normalized spacial score (nSPS) is 32.9.